The number of carbonyl (C=O) groups is 1. The number of rotatable bonds is 6. The minimum atomic E-state index is 0.0183. The van der Waals surface area contributed by atoms with Gasteiger partial charge in [-0.1, -0.05) is 13.8 Å². The molecule has 0 saturated heterocycles. The van der Waals surface area contributed by atoms with E-state index in [0.717, 1.165) is 28.2 Å². The first kappa shape index (κ1) is 15.2. The molecule has 0 unspecified atom stereocenters. The highest BCUT2D eigenvalue weighted by Crippen LogP contribution is 2.23. The normalized spacial score (nSPS) is 11.0. The van der Waals surface area contributed by atoms with Crippen LogP contribution in [-0.2, 0) is 0 Å². The second-order valence-corrected chi connectivity index (χ2v) is 5.98. The zero-order valence-corrected chi connectivity index (χ0v) is 12.5. The van der Waals surface area contributed by atoms with Crippen LogP contribution in [0.2, 0.25) is 0 Å². The number of aliphatic hydroxyl groups is 1. The molecule has 1 N–H and O–H groups in total. The lowest BCUT2D eigenvalue weighted by Crippen LogP contribution is -2.41. The lowest BCUT2D eigenvalue weighted by atomic mass is 10.1. The molecular formula is C14H23NO2S. The Bertz CT molecular complexity index is 396. The number of carbonyl (C=O) groups excluding carboxylic acids is 1. The average Bonchev–Trinajstić information content (AvgIpc) is 2.68. The summed E-state index contributed by atoms with van der Waals surface area (Å²) in [5, 5.41) is 9.16. The van der Waals surface area contributed by atoms with Crippen molar-refractivity contribution < 1.29 is 9.90 Å². The van der Waals surface area contributed by atoms with Gasteiger partial charge in [0, 0.05) is 22.3 Å². The number of hydrogen-bond acceptors (Lipinski definition) is 3. The molecule has 3 nitrogen and oxygen atoms in total. The number of aryl methyl sites for hydroxylation is 2. The van der Waals surface area contributed by atoms with Crippen molar-refractivity contribution in [2.24, 2.45) is 0 Å². The van der Waals surface area contributed by atoms with E-state index >= 15 is 0 Å². The largest absolute Gasteiger partial charge is 0.395 e. The first-order valence-electron chi connectivity index (χ1n) is 6.53. The summed E-state index contributed by atoms with van der Waals surface area (Å²) in [5.74, 6) is 0.0552. The van der Waals surface area contributed by atoms with E-state index in [9.17, 15) is 4.79 Å². The van der Waals surface area contributed by atoms with Gasteiger partial charge in [-0.3, -0.25) is 4.79 Å². The molecule has 0 aliphatic rings. The number of thiophene rings is 1. The van der Waals surface area contributed by atoms with Gasteiger partial charge in [-0.05, 0) is 32.8 Å². The van der Waals surface area contributed by atoms with Crippen molar-refractivity contribution in [3.63, 3.8) is 0 Å². The maximum atomic E-state index is 12.5. The molecule has 0 aliphatic heterocycles. The SMILES string of the molecule is CCC(CC)N(CCO)C(=O)c1cc(C)sc1C. The van der Waals surface area contributed by atoms with Gasteiger partial charge in [0.25, 0.3) is 5.91 Å². The molecule has 0 aromatic carbocycles. The Morgan fingerprint density at radius 2 is 2.00 bits per heavy atom. The first-order valence-corrected chi connectivity index (χ1v) is 7.35. The van der Waals surface area contributed by atoms with Crippen LogP contribution in [0.15, 0.2) is 6.07 Å². The van der Waals surface area contributed by atoms with E-state index in [1.807, 2.05) is 24.8 Å². The molecule has 1 heterocycles. The predicted octanol–water partition coefficient (Wildman–Crippen LogP) is 2.99. The Morgan fingerprint density at radius 1 is 1.39 bits per heavy atom. The van der Waals surface area contributed by atoms with Crippen LogP contribution in [0, 0.1) is 13.8 Å². The molecule has 0 atom stereocenters. The van der Waals surface area contributed by atoms with Gasteiger partial charge >= 0.3 is 0 Å². The van der Waals surface area contributed by atoms with Crippen LogP contribution in [0.5, 0.6) is 0 Å². The molecule has 4 heteroatoms. The molecule has 0 radical (unpaired) electrons. The average molecular weight is 269 g/mol. The Hall–Kier alpha value is -0.870. The van der Waals surface area contributed by atoms with Crippen LogP contribution in [0.1, 0.15) is 46.8 Å². The highest BCUT2D eigenvalue weighted by atomic mass is 32.1. The summed E-state index contributed by atoms with van der Waals surface area (Å²) in [6.45, 7) is 8.59. The summed E-state index contributed by atoms with van der Waals surface area (Å²) < 4.78 is 0. The minimum Gasteiger partial charge on any atom is -0.395 e. The molecule has 0 bridgehead atoms. The summed E-state index contributed by atoms with van der Waals surface area (Å²) >= 11 is 1.65. The summed E-state index contributed by atoms with van der Waals surface area (Å²) in [6.07, 6.45) is 1.84. The third-order valence-electron chi connectivity index (χ3n) is 3.26. The fourth-order valence-electron chi connectivity index (χ4n) is 2.28. The van der Waals surface area contributed by atoms with Crippen LogP contribution in [0.3, 0.4) is 0 Å². The summed E-state index contributed by atoms with van der Waals surface area (Å²) in [4.78, 5) is 16.6. The highest BCUT2D eigenvalue weighted by molar-refractivity contribution is 7.12. The van der Waals surface area contributed by atoms with Crippen LogP contribution < -0.4 is 0 Å². The van der Waals surface area contributed by atoms with Gasteiger partial charge in [0.1, 0.15) is 0 Å². The fourth-order valence-corrected chi connectivity index (χ4v) is 3.20. The Morgan fingerprint density at radius 3 is 2.39 bits per heavy atom. The number of aliphatic hydroxyl groups excluding tert-OH is 1. The summed E-state index contributed by atoms with van der Waals surface area (Å²) in [6, 6.07) is 2.17. The molecule has 102 valence electrons. The Labute approximate surface area is 113 Å². The number of hydrogen-bond donors (Lipinski definition) is 1. The highest BCUT2D eigenvalue weighted by Gasteiger charge is 2.24. The second kappa shape index (κ2) is 6.90. The van der Waals surface area contributed by atoms with E-state index in [-0.39, 0.29) is 18.6 Å². The molecular weight excluding hydrogens is 246 g/mol. The number of nitrogens with zero attached hydrogens (tertiary/aromatic N) is 1. The standard InChI is InChI=1S/C14H23NO2S/c1-5-12(6-2)15(7-8-16)14(17)13-9-10(3)18-11(13)4/h9,12,16H,5-8H2,1-4H3. The zero-order valence-electron chi connectivity index (χ0n) is 11.7. The van der Waals surface area contributed by atoms with E-state index < -0.39 is 0 Å². The molecule has 1 aromatic rings. The topological polar surface area (TPSA) is 40.5 Å². The van der Waals surface area contributed by atoms with Crippen molar-refractivity contribution >= 4 is 17.2 Å². The van der Waals surface area contributed by atoms with Crippen LogP contribution in [0.25, 0.3) is 0 Å². The molecule has 1 aromatic heterocycles. The quantitative estimate of drug-likeness (QED) is 0.862. The van der Waals surface area contributed by atoms with Crippen LogP contribution in [0.4, 0.5) is 0 Å². The first-order chi connectivity index (χ1) is 8.54. The molecule has 1 rings (SSSR count). The van der Waals surface area contributed by atoms with E-state index in [1.54, 1.807) is 11.3 Å². The van der Waals surface area contributed by atoms with Crippen LogP contribution >= 0.6 is 11.3 Å². The van der Waals surface area contributed by atoms with Gasteiger partial charge in [0.15, 0.2) is 0 Å². The lowest BCUT2D eigenvalue weighted by Gasteiger charge is -2.30. The predicted molar refractivity (Wildman–Crippen MR) is 76.3 cm³/mol. The van der Waals surface area contributed by atoms with Gasteiger partial charge in [-0.2, -0.15) is 0 Å². The van der Waals surface area contributed by atoms with Crippen molar-refractivity contribution in [2.45, 2.75) is 46.6 Å². The number of amides is 1. The maximum absolute atomic E-state index is 12.5. The van der Waals surface area contributed by atoms with Crippen molar-refractivity contribution in [1.29, 1.82) is 0 Å². The summed E-state index contributed by atoms with van der Waals surface area (Å²) in [5.41, 5.74) is 0.790. The van der Waals surface area contributed by atoms with E-state index in [1.165, 1.54) is 0 Å². The minimum absolute atomic E-state index is 0.0183. The van der Waals surface area contributed by atoms with Gasteiger partial charge in [0.05, 0.1) is 12.2 Å². The van der Waals surface area contributed by atoms with Gasteiger partial charge in [-0.15, -0.1) is 11.3 Å². The monoisotopic (exact) mass is 269 g/mol. The third-order valence-corrected chi connectivity index (χ3v) is 4.22. The van der Waals surface area contributed by atoms with Gasteiger partial charge < -0.3 is 10.0 Å². The lowest BCUT2D eigenvalue weighted by molar-refractivity contribution is 0.0622. The molecule has 18 heavy (non-hydrogen) atoms. The van der Waals surface area contributed by atoms with E-state index in [4.69, 9.17) is 5.11 Å². The molecule has 0 spiro atoms. The summed E-state index contributed by atoms with van der Waals surface area (Å²) in [7, 11) is 0. The van der Waals surface area contributed by atoms with Crippen molar-refractivity contribution in [3.05, 3.63) is 21.4 Å². The molecule has 0 fully saturated rings. The van der Waals surface area contributed by atoms with Crippen LogP contribution in [-0.4, -0.2) is 35.1 Å². The fraction of sp³-hybridized carbons (Fsp3) is 0.643. The van der Waals surface area contributed by atoms with E-state index in [0.29, 0.717) is 6.54 Å². The van der Waals surface area contributed by atoms with E-state index in [2.05, 4.69) is 13.8 Å². The van der Waals surface area contributed by atoms with Crippen molar-refractivity contribution in [3.8, 4) is 0 Å². The second-order valence-electron chi connectivity index (χ2n) is 4.52. The van der Waals surface area contributed by atoms with Gasteiger partial charge in [0.2, 0.25) is 0 Å². The molecule has 0 saturated carbocycles. The Kier molecular flexibility index (Phi) is 5.82. The van der Waals surface area contributed by atoms with Crippen molar-refractivity contribution in [2.75, 3.05) is 13.2 Å². The zero-order chi connectivity index (χ0) is 13.7. The molecule has 1 amide bonds. The third kappa shape index (κ3) is 3.33. The maximum Gasteiger partial charge on any atom is 0.255 e. The Balaban J connectivity index is 2.98. The van der Waals surface area contributed by atoms with Gasteiger partial charge in [-0.25, -0.2) is 0 Å². The van der Waals surface area contributed by atoms with Crippen molar-refractivity contribution in [1.82, 2.24) is 4.90 Å². The smallest absolute Gasteiger partial charge is 0.255 e. The molecule has 0 aliphatic carbocycles.